The molecule has 4 aromatic carbocycles. The van der Waals surface area contributed by atoms with E-state index in [-0.39, 0.29) is 18.4 Å². The third-order valence-electron chi connectivity index (χ3n) is 5.35. The molecule has 6 heteroatoms. The van der Waals surface area contributed by atoms with Gasteiger partial charge in [-0.05, 0) is 72.6 Å². The number of nitrogens with one attached hydrogen (secondary N) is 3. The van der Waals surface area contributed by atoms with E-state index in [2.05, 4.69) is 22.9 Å². The van der Waals surface area contributed by atoms with Gasteiger partial charge in [-0.3, -0.25) is 9.59 Å². The molecule has 0 aliphatic rings. The largest absolute Gasteiger partial charge is 0.484 e. The number of benzene rings is 4. The Morgan fingerprint density at radius 3 is 2.03 bits per heavy atom. The predicted molar refractivity (Wildman–Crippen MR) is 141 cm³/mol. The second-order valence-electron chi connectivity index (χ2n) is 7.90. The van der Waals surface area contributed by atoms with E-state index < -0.39 is 0 Å². The van der Waals surface area contributed by atoms with Crippen LogP contribution in [0.15, 0.2) is 103 Å². The van der Waals surface area contributed by atoms with Crippen LogP contribution in [0.3, 0.4) is 0 Å². The monoisotopic (exact) mass is 465 g/mol. The molecular formula is C29H27N3O3. The molecule has 176 valence electrons. The van der Waals surface area contributed by atoms with Crippen LogP contribution in [0.5, 0.6) is 5.75 Å². The molecule has 0 saturated carbocycles. The van der Waals surface area contributed by atoms with Gasteiger partial charge >= 0.3 is 0 Å². The Bertz CT molecular complexity index is 1270. The van der Waals surface area contributed by atoms with Gasteiger partial charge in [-0.15, -0.1) is 0 Å². The first-order chi connectivity index (χ1) is 17.1. The maximum Gasteiger partial charge on any atom is 0.262 e. The molecule has 0 unspecified atom stereocenters. The van der Waals surface area contributed by atoms with E-state index in [1.165, 1.54) is 5.56 Å². The van der Waals surface area contributed by atoms with E-state index in [4.69, 9.17) is 4.74 Å². The number of carbonyl (C=O) groups excluding carboxylic acids is 2. The highest BCUT2D eigenvalue weighted by Crippen LogP contribution is 2.21. The minimum absolute atomic E-state index is 0.155. The molecule has 0 bridgehead atoms. The Balaban J connectivity index is 1.35. The molecule has 0 fully saturated rings. The zero-order valence-electron chi connectivity index (χ0n) is 19.5. The topological polar surface area (TPSA) is 79.5 Å². The average Bonchev–Trinajstić information content (AvgIpc) is 2.90. The van der Waals surface area contributed by atoms with Crippen molar-refractivity contribution in [2.45, 2.75) is 13.3 Å². The van der Waals surface area contributed by atoms with E-state index in [0.717, 1.165) is 17.8 Å². The summed E-state index contributed by atoms with van der Waals surface area (Å²) in [5, 5.41) is 8.96. The molecule has 0 radical (unpaired) electrons. The van der Waals surface area contributed by atoms with Crippen LogP contribution in [-0.2, 0) is 11.2 Å². The highest BCUT2D eigenvalue weighted by atomic mass is 16.5. The summed E-state index contributed by atoms with van der Waals surface area (Å²) in [4.78, 5) is 25.4. The van der Waals surface area contributed by atoms with Gasteiger partial charge in [0.2, 0.25) is 0 Å². The zero-order chi connectivity index (χ0) is 24.5. The van der Waals surface area contributed by atoms with Crippen molar-refractivity contribution in [3.63, 3.8) is 0 Å². The van der Waals surface area contributed by atoms with E-state index in [1.807, 2.05) is 78.9 Å². The number of aryl methyl sites for hydroxylation is 1. The van der Waals surface area contributed by atoms with Gasteiger partial charge in [0.05, 0.1) is 11.3 Å². The quantitative estimate of drug-likeness (QED) is 0.272. The lowest BCUT2D eigenvalue weighted by atomic mass is 10.1. The molecule has 0 heterocycles. The van der Waals surface area contributed by atoms with Crippen molar-refractivity contribution in [2.75, 3.05) is 22.6 Å². The van der Waals surface area contributed by atoms with E-state index in [9.17, 15) is 9.59 Å². The van der Waals surface area contributed by atoms with Gasteiger partial charge in [0.25, 0.3) is 11.8 Å². The van der Waals surface area contributed by atoms with Gasteiger partial charge in [-0.1, -0.05) is 49.4 Å². The van der Waals surface area contributed by atoms with Crippen molar-refractivity contribution in [2.24, 2.45) is 0 Å². The molecule has 3 N–H and O–H groups in total. The number of hydrogen-bond donors (Lipinski definition) is 3. The average molecular weight is 466 g/mol. The molecular weight excluding hydrogens is 438 g/mol. The summed E-state index contributed by atoms with van der Waals surface area (Å²) in [5.41, 5.74) is 4.52. The fourth-order valence-electron chi connectivity index (χ4n) is 3.47. The maximum absolute atomic E-state index is 12.9. The first-order valence-electron chi connectivity index (χ1n) is 11.4. The van der Waals surface area contributed by atoms with Crippen molar-refractivity contribution in [3.05, 3.63) is 114 Å². The number of para-hydroxylation sites is 2. The Morgan fingerprint density at radius 2 is 1.31 bits per heavy atom. The summed E-state index contributed by atoms with van der Waals surface area (Å²) in [5.74, 6) is -0.0459. The Kier molecular flexibility index (Phi) is 7.76. The minimum atomic E-state index is -0.346. The summed E-state index contributed by atoms with van der Waals surface area (Å²) >= 11 is 0. The van der Waals surface area contributed by atoms with Crippen LogP contribution in [0, 0.1) is 0 Å². The fraction of sp³-hybridized carbons (Fsp3) is 0.103. The van der Waals surface area contributed by atoms with Gasteiger partial charge in [0, 0.05) is 17.1 Å². The van der Waals surface area contributed by atoms with Gasteiger partial charge < -0.3 is 20.7 Å². The number of amides is 2. The second-order valence-corrected chi connectivity index (χ2v) is 7.90. The number of hydrogen-bond acceptors (Lipinski definition) is 4. The molecule has 0 spiro atoms. The van der Waals surface area contributed by atoms with E-state index >= 15 is 0 Å². The maximum atomic E-state index is 12.9. The van der Waals surface area contributed by atoms with Crippen LogP contribution in [-0.4, -0.2) is 18.4 Å². The van der Waals surface area contributed by atoms with Crippen molar-refractivity contribution in [1.29, 1.82) is 0 Å². The molecule has 35 heavy (non-hydrogen) atoms. The predicted octanol–water partition coefficient (Wildman–Crippen LogP) is 6.26. The molecule has 4 rings (SSSR count). The highest BCUT2D eigenvalue weighted by Gasteiger charge is 2.14. The summed E-state index contributed by atoms with van der Waals surface area (Å²) in [6, 6.07) is 31.8. The van der Waals surface area contributed by atoms with Gasteiger partial charge in [0.1, 0.15) is 5.75 Å². The lowest BCUT2D eigenvalue weighted by Crippen LogP contribution is -2.22. The van der Waals surface area contributed by atoms with Crippen molar-refractivity contribution in [3.8, 4) is 5.75 Å². The van der Waals surface area contributed by atoms with E-state index in [1.54, 1.807) is 24.3 Å². The first-order valence-corrected chi connectivity index (χ1v) is 11.4. The number of carbonyl (C=O) groups is 2. The van der Waals surface area contributed by atoms with Crippen molar-refractivity contribution >= 4 is 34.6 Å². The van der Waals surface area contributed by atoms with Crippen LogP contribution >= 0.6 is 0 Å². The van der Waals surface area contributed by atoms with Crippen molar-refractivity contribution in [1.82, 2.24) is 0 Å². The van der Waals surface area contributed by atoms with Crippen LogP contribution in [0.2, 0.25) is 0 Å². The summed E-state index contributed by atoms with van der Waals surface area (Å²) in [7, 11) is 0. The lowest BCUT2D eigenvalue weighted by Gasteiger charge is -2.13. The normalized spacial score (nSPS) is 10.3. The smallest absolute Gasteiger partial charge is 0.262 e. The standard InChI is InChI=1S/C29H27N3O3/c1-2-21-12-18-25(19-13-21)35-20-28(33)32-27-11-7-6-10-26(27)29(34)31-24-16-14-23(15-17-24)30-22-8-4-3-5-9-22/h3-19,30H,2,20H2,1H3,(H,31,34)(H,32,33). The SMILES string of the molecule is CCc1ccc(OCC(=O)Nc2ccccc2C(=O)Nc2ccc(Nc3ccccc3)cc2)cc1. The summed E-state index contributed by atoms with van der Waals surface area (Å²) in [6.07, 6.45) is 0.939. The Morgan fingerprint density at radius 1 is 0.686 bits per heavy atom. The molecule has 6 nitrogen and oxygen atoms in total. The zero-order valence-corrected chi connectivity index (χ0v) is 19.5. The van der Waals surface area contributed by atoms with Gasteiger partial charge in [-0.2, -0.15) is 0 Å². The molecule has 0 aromatic heterocycles. The van der Waals surface area contributed by atoms with E-state index in [0.29, 0.717) is 22.7 Å². The van der Waals surface area contributed by atoms with Gasteiger partial charge in [-0.25, -0.2) is 0 Å². The third kappa shape index (κ3) is 6.71. The molecule has 4 aromatic rings. The summed E-state index contributed by atoms with van der Waals surface area (Å²) < 4.78 is 5.57. The number of rotatable bonds is 9. The van der Waals surface area contributed by atoms with Crippen molar-refractivity contribution < 1.29 is 14.3 Å². The van der Waals surface area contributed by atoms with Crippen LogP contribution in [0.1, 0.15) is 22.8 Å². The van der Waals surface area contributed by atoms with Crippen LogP contribution in [0.25, 0.3) is 0 Å². The van der Waals surface area contributed by atoms with Crippen LogP contribution < -0.4 is 20.7 Å². The molecule has 0 atom stereocenters. The minimum Gasteiger partial charge on any atom is -0.484 e. The third-order valence-corrected chi connectivity index (χ3v) is 5.35. The summed E-state index contributed by atoms with van der Waals surface area (Å²) in [6.45, 7) is 1.92. The first kappa shape index (κ1) is 23.6. The van der Waals surface area contributed by atoms with Gasteiger partial charge in [0.15, 0.2) is 6.61 Å². The number of ether oxygens (including phenoxy) is 1. The number of anilines is 4. The highest BCUT2D eigenvalue weighted by molar-refractivity contribution is 6.10. The molecule has 0 saturated heterocycles. The Labute approximate surface area is 205 Å². The molecule has 0 aliphatic heterocycles. The van der Waals surface area contributed by atoms with Crippen LogP contribution in [0.4, 0.5) is 22.7 Å². The fourth-order valence-corrected chi connectivity index (χ4v) is 3.47. The lowest BCUT2D eigenvalue weighted by molar-refractivity contribution is -0.118. The second kappa shape index (κ2) is 11.5. The molecule has 2 amide bonds. The Hall–Kier alpha value is -4.58. The molecule has 0 aliphatic carbocycles.